The summed E-state index contributed by atoms with van der Waals surface area (Å²) in [5.41, 5.74) is 1.50. The highest BCUT2D eigenvalue weighted by atomic mass is 19.4. The van der Waals surface area contributed by atoms with Crippen molar-refractivity contribution in [1.29, 1.82) is 0 Å². The van der Waals surface area contributed by atoms with E-state index in [1.54, 1.807) is 30.6 Å². The first-order chi connectivity index (χ1) is 12.3. The number of pyridine rings is 1. The Morgan fingerprint density at radius 2 is 1.69 bits per heavy atom. The van der Waals surface area contributed by atoms with Crippen LogP contribution < -0.4 is 0 Å². The summed E-state index contributed by atoms with van der Waals surface area (Å²) in [6.45, 7) is 0.868. The standard InChI is InChI=1S/C20H17F3N2O/c1-25-12-16(8-14-4-2-6-18(10-14)20(21,22)23)19(26)17(13-25)9-15-5-3-7-24-11-15/h2-11H,12-13H2,1H3/b16-8?,17-9+. The molecule has 3 rings (SSSR count). The molecule has 1 aromatic heterocycles. The van der Waals surface area contributed by atoms with Gasteiger partial charge in [0.15, 0.2) is 5.78 Å². The van der Waals surface area contributed by atoms with Crippen LogP contribution in [0.15, 0.2) is 59.9 Å². The number of likely N-dealkylation sites (tertiary alicyclic amines) is 1. The van der Waals surface area contributed by atoms with E-state index in [1.807, 2.05) is 18.0 Å². The zero-order valence-corrected chi connectivity index (χ0v) is 14.1. The molecule has 0 unspecified atom stereocenters. The van der Waals surface area contributed by atoms with Gasteiger partial charge in [0, 0.05) is 36.6 Å². The summed E-state index contributed by atoms with van der Waals surface area (Å²) in [4.78, 5) is 18.7. The minimum absolute atomic E-state index is 0.149. The number of halogens is 3. The fourth-order valence-corrected chi connectivity index (χ4v) is 2.88. The van der Waals surface area contributed by atoms with E-state index in [0.29, 0.717) is 29.8 Å². The van der Waals surface area contributed by atoms with Gasteiger partial charge in [0.05, 0.1) is 5.56 Å². The number of hydrogen-bond donors (Lipinski definition) is 0. The van der Waals surface area contributed by atoms with E-state index in [1.165, 1.54) is 12.1 Å². The van der Waals surface area contributed by atoms with Crippen LogP contribution in [-0.2, 0) is 11.0 Å². The highest BCUT2D eigenvalue weighted by molar-refractivity contribution is 6.14. The fraction of sp³-hybridized carbons (Fsp3) is 0.200. The van der Waals surface area contributed by atoms with Crippen molar-refractivity contribution in [1.82, 2.24) is 9.88 Å². The Hall–Kier alpha value is -2.73. The number of likely N-dealkylation sites (N-methyl/N-ethyl adjacent to an activating group) is 1. The minimum Gasteiger partial charge on any atom is -0.298 e. The molecule has 2 heterocycles. The lowest BCUT2D eigenvalue weighted by molar-refractivity contribution is -0.137. The molecule has 1 fully saturated rings. The number of nitrogens with zero attached hydrogens (tertiary/aromatic N) is 2. The Labute approximate surface area is 149 Å². The minimum atomic E-state index is -4.41. The summed E-state index contributed by atoms with van der Waals surface area (Å²) in [6.07, 6.45) is 2.20. The SMILES string of the molecule is CN1CC(=Cc2cccc(C(F)(F)F)c2)C(=O)/C(=C/c2cccnc2)C1. The van der Waals surface area contributed by atoms with Gasteiger partial charge in [-0.15, -0.1) is 0 Å². The molecule has 0 aliphatic carbocycles. The summed E-state index contributed by atoms with van der Waals surface area (Å²) in [5, 5.41) is 0. The predicted octanol–water partition coefficient (Wildman–Crippen LogP) is 4.08. The quantitative estimate of drug-likeness (QED) is 0.759. The van der Waals surface area contributed by atoms with E-state index in [-0.39, 0.29) is 5.78 Å². The molecule has 0 atom stereocenters. The topological polar surface area (TPSA) is 33.2 Å². The number of aromatic nitrogens is 1. The van der Waals surface area contributed by atoms with E-state index in [2.05, 4.69) is 4.98 Å². The van der Waals surface area contributed by atoms with Gasteiger partial charge >= 0.3 is 6.18 Å². The number of carbonyl (C=O) groups is 1. The van der Waals surface area contributed by atoms with Crippen molar-refractivity contribution in [2.75, 3.05) is 20.1 Å². The van der Waals surface area contributed by atoms with E-state index >= 15 is 0 Å². The molecule has 0 N–H and O–H groups in total. The van der Waals surface area contributed by atoms with Gasteiger partial charge < -0.3 is 0 Å². The van der Waals surface area contributed by atoms with Gasteiger partial charge in [-0.05, 0) is 48.5 Å². The molecule has 0 spiro atoms. The Kier molecular flexibility index (Phi) is 5.04. The van der Waals surface area contributed by atoms with Crippen molar-refractivity contribution in [2.24, 2.45) is 0 Å². The maximum atomic E-state index is 12.9. The molecule has 1 aliphatic rings. The smallest absolute Gasteiger partial charge is 0.298 e. The largest absolute Gasteiger partial charge is 0.416 e. The molecule has 1 aliphatic heterocycles. The highest BCUT2D eigenvalue weighted by Crippen LogP contribution is 2.30. The Morgan fingerprint density at radius 1 is 1.04 bits per heavy atom. The van der Waals surface area contributed by atoms with Crippen LogP contribution >= 0.6 is 0 Å². The van der Waals surface area contributed by atoms with Crippen LogP contribution in [0.2, 0.25) is 0 Å². The van der Waals surface area contributed by atoms with Crippen LogP contribution in [0.25, 0.3) is 12.2 Å². The van der Waals surface area contributed by atoms with E-state index in [4.69, 9.17) is 0 Å². The average molecular weight is 358 g/mol. The normalized spacial score (nSPS) is 19.3. The number of alkyl halides is 3. The zero-order valence-electron chi connectivity index (χ0n) is 14.1. The first-order valence-electron chi connectivity index (χ1n) is 8.04. The van der Waals surface area contributed by atoms with Gasteiger partial charge in [0.1, 0.15) is 0 Å². The number of ketones is 1. The number of carbonyl (C=O) groups excluding carboxylic acids is 1. The molecule has 6 heteroatoms. The van der Waals surface area contributed by atoms with Crippen LogP contribution in [0, 0.1) is 0 Å². The monoisotopic (exact) mass is 358 g/mol. The van der Waals surface area contributed by atoms with Crippen LogP contribution in [-0.4, -0.2) is 35.8 Å². The average Bonchev–Trinajstić information content (AvgIpc) is 2.59. The lowest BCUT2D eigenvalue weighted by Crippen LogP contribution is -2.34. The van der Waals surface area contributed by atoms with Crippen molar-refractivity contribution in [3.63, 3.8) is 0 Å². The van der Waals surface area contributed by atoms with Gasteiger partial charge in [-0.2, -0.15) is 13.2 Å². The first kappa shape index (κ1) is 18.1. The molecule has 0 radical (unpaired) electrons. The zero-order chi connectivity index (χ0) is 18.7. The first-order valence-corrected chi connectivity index (χ1v) is 8.04. The molecule has 0 saturated carbocycles. The molecule has 0 amide bonds. The highest BCUT2D eigenvalue weighted by Gasteiger charge is 2.30. The van der Waals surface area contributed by atoms with Crippen molar-refractivity contribution in [2.45, 2.75) is 6.18 Å². The molecule has 26 heavy (non-hydrogen) atoms. The molecule has 1 saturated heterocycles. The lowest BCUT2D eigenvalue weighted by atomic mass is 9.94. The van der Waals surface area contributed by atoms with Crippen molar-refractivity contribution < 1.29 is 18.0 Å². The Morgan fingerprint density at radius 3 is 2.31 bits per heavy atom. The molecule has 3 nitrogen and oxygen atoms in total. The second kappa shape index (κ2) is 7.25. The van der Waals surface area contributed by atoms with E-state index in [9.17, 15) is 18.0 Å². The maximum Gasteiger partial charge on any atom is 0.416 e. The number of hydrogen-bond acceptors (Lipinski definition) is 3. The molecule has 0 bridgehead atoms. The van der Waals surface area contributed by atoms with Crippen LogP contribution in [0.3, 0.4) is 0 Å². The molecular weight excluding hydrogens is 341 g/mol. The van der Waals surface area contributed by atoms with Crippen LogP contribution in [0.5, 0.6) is 0 Å². The Balaban J connectivity index is 1.93. The van der Waals surface area contributed by atoms with Crippen LogP contribution in [0.4, 0.5) is 13.2 Å². The second-order valence-corrected chi connectivity index (χ2v) is 6.25. The lowest BCUT2D eigenvalue weighted by Gasteiger charge is -2.26. The summed E-state index contributed by atoms with van der Waals surface area (Å²) in [7, 11) is 1.86. The molecule has 1 aromatic carbocycles. The van der Waals surface area contributed by atoms with Crippen molar-refractivity contribution in [3.05, 3.63) is 76.6 Å². The maximum absolute atomic E-state index is 12.9. The molecular formula is C20H17F3N2O. The molecule has 2 aromatic rings. The van der Waals surface area contributed by atoms with Gasteiger partial charge in [-0.25, -0.2) is 0 Å². The summed E-state index contributed by atoms with van der Waals surface area (Å²) in [6, 6.07) is 8.61. The van der Waals surface area contributed by atoms with Gasteiger partial charge in [-0.3, -0.25) is 14.7 Å². The third-order valence-electron chi connectivity index (χ3n) is 4.04. The second-order valence-electron chi connectivity index (χ2n) is 6.25. The number of rotatable bonds is 2. The van der Waals surface area contributed by atoms with Gasteiger partial charge in [0.25, 0.3) is 0 Å². The van der Waals surface area contributed by atoms with Gasteiger partial charge in [-0.1, -0.05) is 18.2 Å². The van der Waals surface area contributed by atoms with E-state index < -0.39 is 11.7 Å². The number of Topliss-reactive ketones (excluding diaryl/α,β-unsaturated/α-hetero) is 1. The summed E-state index contributed by atoms with van der Waals surface area (Å²) < 4.78 is 38.6. The van der Waals surface area contributed by atoms with E-state index in [0.717, 1.165) is 17.7 Å². The molecule has 134 valence electrons. The predicted molar refractivity (Wildman–Crippen MR) is 94.1 cm³/mol. The Bertz CT molecular complexity index is 870. The van der Waals surface area contributed by atoms with Gasteiger partial charge in [0.2, 0.25) is 0 Å². The summed E-state index contributed by atoms with van der Waals surface area (Å²) >= 11 is 0. The fourth-order valence-electron chi connectivity index (χ4n) is 2.88. The summed E-state index contributed by atoms with van der Waals surface area (Å²) in [5.74, 6) is -0.149. The third kappa shape index (κ3) is 4.26. The van der Waals surface area contributed by atoms with Crippen LogP contribution in [0.1, 0.15) is 16.7 Å². The number of piperidine rings is 1. The van der Waals surface area contributed by atoms with Crippen molar-refractivity contribution in [3.8, 4) is 0 Å². The number of benzene rings is 1. The van der Waals surface area contributed by atoms with Crippen molar-refractivity contribution >= 4 is 17.9 Å². The third-order valence-corrected chi connectivity index (χ3v) is 4.04.